The molecule has 2 aromatic heterocycles. The Balaban J connectivity index is 1.47. The van der Waals surface area contributed by atoms with Gasteiger partial charge in [0, 0.05) is 12.5 Å². The lowest BCUT2D eigenvalue weighted by Gasteiger charge is -2.05. The van der Waals surface area contributed by atoms with Crippen molar-refractivity contribution in [3.63, 3.8) is 0 Å². The smallest absolute Gasteiger partial charge is 0.229 e. The van der Waals surface area contributed by atoms with Crippen molar-refractivity contribution in [2.45, 2.75) is 45.3 Å². The summed E-state index contributed by atoms with van der Waals surface area (Å²) in [6.45, 7) is 4.24. The second-order valence-corrected chi connectivity index (χ2v) is 5.27. The van der Waals surface area contributed by atoms with Gasteiger partial charge in [0.2, 0.25) is 11.7 Å². The van der Waals surface area contributed by atoms with Crippen LogP contribution in [0, 0.1) is 0 Å². The molecule has 0 aliphatic heterocycles. The van der Waals surface area contributed by atoms with Crippen molar-refractivity contribution in [3.8, 4) is 5.75 Å². The minimum absolute atomic E-state index is 0.311. The second-order valence-electron chi connectivity index (χ2n) is 5.27. The van der Waals surface area contributed by atoms with Crippen LogP contribution in [0.5, 0.6) is 5.75 Å². The summed E-state index contributed by atoms with van der Waals surface area (Å²) in [6.07, 6.45) is 5.15. The van der Waals surface area contributed by atoms with Crippen molar-refractivity contribution >= 4 is 0 Å². The van der Waals surface area contributed by atoms with E-state index in [0.717, 1.165) is 43.9 Å². The summed E-state index contributed by atoms with van der Waals surface area (Å²) in [5.74, 6) is 2.52. The van der Waals surface area contributed by atoms with Crippen LogP contribution in [0.3, 0.4) is 0 Å². The molecule has 1 saturated carbocycles. The third-order valence-corrected chi connectivity index (χ3v) is 3.31. The Morgan fingerprint density at radius 1 is 1.38 bits per heavy atom. The first kappa shape index (κ1) is 14.0. The molecule has 0 bridgehead atoms. The molecule has 0 radical (unpaired) electrons. The van der Waals surface area contributed by atoms with Crippen LogP contribution in [0.1, 0.15) is 49.5 Å². The van der Waals surface area contributed by atoms with Crippen LogP contribution in [0.15, 0.2) is 22.9 Å². The van der Waals surface area contributed by atoms with Crippen LogP contribution in [-0.4, -0.2) is 21.7 Å². The number of nitrogens with one attached hydrogen (secondary N) is 1. The minimum atomic E-state index is 0.311. The highest BCUT2D eigenvalue weighted by Crippen LogP contribution is 2.38. The standard InChI is InChI=1S/C15H20N4O2/c1-2-7-16-8-12-5-6-13(9-17-12)20-10-14-18-15(21-19-14)11-3-4-11/h5-6,9,11,16H,2-4,7-8,10H2,1H3. The topological polar surface area (TPSA) is 73.1 Å². The number of rotatable bonds is 8. The van der Waals surface area contributed by atoms with E-state index in [1.165, 1.54) is 0 Å². The molecule has 2 heterocycles. The molecule has 1 fully saturated rings. The van der Waals surface area contributed by atoms with E-state index in [1.807, 2.05) is 12.1 Å². The molecule has 0 amide bonds. The first-order valence-electron chi connectivity index (χ1n) is 7.46. The SMILES string of the molecule is CCCNCc1ccc(OCc2noc(C3CC3)n2)cn1. The summed E-state index contributed by atoms with van der Waals surface area (Å²) in [7, 11) is 0. The van der Waals surface area contributed by atoms with Crippen LogP contribution in [0.25, 0.3) is 0 Å². The van der Waals surface area contributed by atoms with Gasteiger partial charge in [0.15, 0.2) is 6.61 Å². The Morgan fingerprint density at radius 2 is 2.29 bits per heavy atom. The van der Waals surface area contributed by atoms with Crippen LogP contribution in [-0.2, 0) is 13.2 Å². The highest BCUT2D eigenvalue weighted by atomic mass is 16.5. The molecule has 0 spiro atoms. The number of aromatic nitrogens is 3. The van der Waals surface area contributed by atoms with Gasteiger partial charge < -0.3 is 14.6 Å². The van der Waals surface area contributed by atoms with Crippen molar-refractivity contribution in [2.24, 2.45) is 0 Å². The molecular weight excluding hydrogens is 268 g/mol. The second kappa shape index (κ2) is 6.67. The van der Waals surface area contributed by atoms with E-state index in [4.69, 9.17) is 9.26 Å². The van der Waals surface area contributed by atoms with Crippen molar-refractivity contribution in [1.82, 2.24) is 20.4 Å². The van der Waals surface area contributed by atoms with Gasteiger partial charge in [-0.3, -0.25) is 4.98 Å². The maximum Gasteiger partial charge on any atom is 0.229 e. The Bertz CT molecular complexity index is 563. The lowest BCUT2D eigenvalue weighted by molar-refractivity contribution is 0.284. The molecule has 1 N–H and O–H groups in total. The summed E-state index contributed by atoms with van der Waals surface area (Å²) in [5.41, 5.74) is 1.01. The van der Waals surface area contributed by atoms with Crippen molar-refractivity contribution in [2.75, 3.05) is 6.54 Å². The largest absolute Gasteiger partial charge is 0.484 e. The van der Waals surface area contributed by atoms with Gasteiger partial charge in [-0.25, -0.2) is 0 Å². The molecule has 2 aromatic rings. The zero-order valence-electron chi connectivity index (χ0n) is 12.2. The molecular formula is C15H20N4O2. The molecule has 0 saturated heterocycles. The fraction of sp³-hybridized carbons (Fsp3) is 0.533. The van der Waals surface area contributed by atoms with Crippen LogP contribution in [0.4, 0.5) is 0 Å². The van der Waals surface area contributed by atoms with Gasteiger partial charge in [0.05, 0.1) is 11.9 Å². The van der Waals surface area contributed by atoms with Crippen molar-refractivity contribution < 1.29 is 9.26 Å². The van der Waals surface area contributed by atoms with E-state index in [-0.39, 0.29) is 0 Å². The van der Waals surface area contributed by atoms with Gasteiger partial charge in [-0.05, 0) is 37.9 Å². The highest BCUT2D eigenvalue weighted by Gasteiger charge is 2.29. The Morgan fingerprint density at radius 3 is 3.00 bits per heavy atom. The third kappa shape index (κ3) is 4.01. The van der Waals surface area contributed by atoms with Gasteiger partial charge in [0.1, 0.15) is 5.75 Å². The van der Waals surface area contributed by atoms with Crippen molar-refractivity contribution in [3.05, 3.63) is 35.7 Å². The van der Waals surface area contributed by atoms with E-state index in [1.54, 1.807) is 6.20 Å². The minimum Gasteiger partial charge on any atom is -0.484 e. The van der Waals surface area contributed by atoms with Gasteiger partial charge >= 0.3 is 0 Å². The summed E-state index contributed by atoms with van der Waals surface area (Å²) >= 11 is 0. The summed E-state index contributed by atoms with van der Waals surface area (Å²) in [5, 5.41) is 7.23. The van der Waals surface area contributed by atoms with E-state index < -0.39 is 0 Å². The fourth-order valence-corrected chi connectivity index (χ4v) is 1.96. The monoisotopic (exact) mass is 288 g/mol. The Kier molecular flexibility index (Phi) is 4.45. The third-order valence-electron chi connectivity index (χ3n) is 3.31. The molecule has 21 heavy (non-hydrogen) atoms. The van der Waals surface area contributed by atoms with E-state index >= 15 is 0 Å². The molecule has 6 nitrogen and oxygen atoms in total. The first-order valence-corrected chi connectivity index (χ1v) is 7.46. The quantitative estimate of drug-likeness (QED) is 0.752. The molecule has 112 valence electrons. The Labute approximate surface area is 123 Å². The van der Waals surface area contributed by atoms with Crippen LogP contribution in [0.2, 0.25) is 0 Å². The molecule has 0 aromatic carbocycles. The maximum absolute atomic E-state index is 5.62. The number of ether oxygens (including phenoxy) is 1. The van der Waals surface area contributed by atoms with Gasteiger partial charge in [-0.1, -0.05) is 12.1 Å². The van der Waals surface area contributed by atoms with Gasteiger partial charge in [-0.15, -0.1) is 0 Å². The number of pyridine rings is 1. The lowest BCUT2D eigenvalue weighted by atomic mass is 10.3. The van der Waals surface area contributed by atoms with E-state index in [2.05, 4.69) is 27.4 Å². The lowest BCUT2D eigenvalue weighted by Crippen LogP contribution is -2.14. The molecule has 3 rings (SSSR count). The predicted octanol–water partition coefficient (Wildman–Crippen LogP) is 2.42. The van der Waals surface area contributed by atoms with E-state index in [9.17, 15) is 0 Å². The molecule has 6 heteroatoms. The fourth-order valence-electron chi connectivity index (χ4n) is 1.96. The molecule has 1 aliphatic rings. The maximum atomic E-state index is 5.62. The number of nitrogens with zero attached hydrogens (tertiary/aromatic N) is 3. The van der Waals surface area contributed by atoms with Gasteiger partial charge in [-0.2, -0.15) is 4.98 Å². The summed E-state index contributed by atoms with van der Waals surface area (Å²) in [4.78, 5) is 8.68. The highest BCUT2D eigenvalue weighted by molar-refractivity contribution is 5.20. The van der Waals surface area contributed by atoms with Crippen molar-refractivity contribution in [1.29, 1.82) is 0 Å². The number of hydrogen-bond donors (Lipinski definition) is 1. The van der Waals surface area contributed by atoms with E-state index in [0.29, 0.717) is 24.1 Å². The molecule has 1 aliphatic carbocycles. The molecule has 0 atom stereocenters. The predicted molar refractivity (Wildman–Crippen MR) is 76.8 cm³/mol. The summed E-state index contributed by atoms with van der Waals surface area (Å²) < 4.78 is 10.8. The number of hydrogen-bond acceptors (Lipinski definition) is 6. The summed E-state index contributed by atoms with van der Waals surface area (Å²) in [6, 6.07) is 3.88. The zero-order chi connectivity index (χ0) is 14.5. The van der Waals surface area contributed by atoms with Crippen LogP contribution >= 0.6 is 0 Å². The van der Waals surface area contributed by atoms with Gasteiger partial charge in [0.25, 0.3) is 0 Å². The zero-order valence-corrected chi connectivity index (χ0v) is 12.2. The normalized spacial score (nSPS) is 14.3. The van der Waals surface area contributed by atoms with Crippen LogP contribution < -0.4 is 10.1 Å². The Hall–Kier alpha value is -1.95. The molecule has 0 unspecified atom stereocenters. The average Bonchev–Trinajstić information content (AvgIpc) is 3.26. The average molecular weight is 288 g/mol. The first-order chi connectivity index (χ1) is 10.3.